The lowest BCUT2D eigenvalue weighted by molar-refractivity contribution is 0.306. The lowest BCUT2D eigenvalue weighted by atomic mass is 10.1. The number of rotatable bonds is 7. The van der Waals surface area contributed by atoms with Crippen LogP contribution in [0.5, 0.6) is 5.75 Å². The fraction of sp³-hybridized carbons (Fsp3) is 0.182. The van der Waals surface area contributed by atoms with Crippen LogP contribution in [-0.4, -0.2) is 0 Å². The third kappa shape index (κ3) is 5.01. The Bertz CT molecular complexity index is 797. The van der Waals surface area contributed by atoms with Gasteiger partial charge in [-0.3, -0.25) is 0 Å². The van der Waals surface area contributed by atoms with Gasteiger partial charge in [0.2, 0.25) is 0 Å². The second-order valence-electron chi connectivity index (χ2n) is 5.92. The second kappa shape index (κ2) is 8.59. The van der Waals surface area contributed by atoms with Crippen LogP contribution in [0.4, 0.5) is 5.69 Å². The number of benzene rings is 3. The molecule has 1 N–H and O–H groups in total. The first-order chi connectivity index (χ1) is 12.2. The highest BCUT2D eigenvalue weighted by Crippen LogP contribution is 2.19. The lowest BCUT2D eigenvalue weighted by Gasteiger charge is -2.11. The summed E-state index contributed by atoms with van der Waals surface area (Å²) in [4.78, 5) is 0. The number of anilines is 1. The maximum atomic E-state index is 5.89. The van der Waals surface area contributed by atoms with E-state index in [0.717, 1.165) is 29.3 Å². The van der Waals surface area contributed by atoms with Crippen molar-refractivity contribution >= 4 is 17.3 Å². The van der Waals surface area contributed by atoms with Crippen molar-refractivity contribution in [3.05, 3.63) is 94.5 Å². The molecule has 0 radical (unpaired) electrons. The zero-order valence-electron chi connectivity index (χ0n) is 14.3. The molecule has 0 amide bonds. The highest BCUT2D eigenvalue weighted by Gasteiger charge is 2.01. The minimum absolute atomic E-state index is 0.540. The number of hydrogen-bond acceptors (Lipinski definition) is 2. The van der Waals surface area contributed by atoms with Gasteiger partial charge in [0.25, 0.3) is 0 Å². The Morgan fingerprint density at radius 3 is 2.24 bits per heavy atom. The van der Waals surface area contributed by atoms with E-state index in [-0.39, 0.29) is 0 Å². The minimum atomic E-state index is 0.540. The average Bonchev–Trinajstić information content (AvgIpc) is 2.67. The fourth-order valence-corrected chi connectivity index (χ4v) is 2.78. The first kappa shape index (κ1) is 17.4. The van der Waals surface area contributed by atoms with Gasteiger partial charge in [-0.25, -0.2) is 0 Å². The zero-order chi connectivity index (χ0) is 17.5. The van der Waals surface area contributed by atoms with Crippen molar-refractivity contribution in [3.8, 4) is 5.75 Å². The number of para-hydroxylation sites is 1. The molecule has 0 atom stereocenters. The molecular weight excluding hydrogens is 330 g/mol. The van der Waals surface area contributed by atoms with Crippen LogP contribution >= 0.6 is 11.6 Å². The Labute approximate surface area is 154 Å². The molecule has 128 valence electrons. The van der Waals surface area contributed by atoms with E-state index in [0.29, 0.717) is 6.61 Å². The molecule has 3 aromatic carbocycles. The molecule has 0 bridgehead atoms. The maximum absolute atomic E-state index is 5.89. The van der Waals surface area contributed by atoms with Crippen LogP contribution in [0.1, 0.15) is 23.6 Å². The third-order valence-corrected chi connectivity index (χ3v) is 4.38. The average molecular weight is 352 g/mol. The van der Waals surface area contributed by atoms with Crippen molar-refractivity contribution < 1.29 is 4.74 Å². The van der Waals surface area contributed by atoms with Crippen LogP contribution < -0.4 is 10.1 Å². The molecule has 0 saturated heterocycles. The van der Waals surface area contributed by atoms with Crippen molar-refractivity contribution in [3.63, 3.8) is 0 Å². The first-order valence-electron chi connectivity index (χ1n) is 8.52. The molecule has 0 unspecified atom stereocenters. The summed E-state index contributed by atoms with van der Waals surface area (Å²) in [5, 5.41) is 4.25. The third-order valence-electron chi connectivity index (χ3n) is 4.12. The van der Waals surface area contributed by atoms with Crippen molar-refractivity contribution in [1.82, 2.24) is 0 Å². The van der Waals surface area contributed by atoms with Gasteiger partial charge < -0.3 is 10.1 Å². The normalized spacial score (nSPS) is 10.5. The van der Waals surface area contributed by atoms with E-state index in [1.165, 1.54) is 16.8 Å². The molecule has 2 nitrogen and oxygen atoms in total. The van der Waals surface area contributed by atoms with Crippen molar-refractivity contribution in [1.29, 1.82) is 0 Å². The van der Waals surface area contributed by atoms with Crippen molar-refractivity contribution in [2.75, 3.05) is 5.32 Å². The SMILES string of the molecule is CCc1ccccc1NCc1ccc(OCc2ccc(Cl)cc2)cc1. The Morgan fingerprint density at radius 2 is 1.52 bits per heavy atom. The summed E-state index contributed by atoms with van der Waals surface area (Å²) in [6.45, 7) is 3.51. The Morgan fingerprint density at radius 1 is 0.840 bits per heavy atom. The Balaban J connectivity index is 1.54. The molecule has 0 aliphatic rings. The van der Waals surface area contributed by atoms with Gasteiger partial charge >= 0.3 is 0 Å². The Kier molecular flexibility index (Phi) is 5.97. The number of nitrogens with one attached hydrogen (secondary N) is 1. The number of halogens is 1. The van der Waals surface area contributed by atoms with E-state index in [2.05, 4.69) is 48.6 Å². The fourth-order valence-electron chi connectivity index (χ4n) is 2.65. The van der Waals surface area contributed by atoms with E-state index in [1.807, 2.05) is 36.4 Å². The molecule has 0 fully saturated rings. The summed E-state index contributed by atoms with van der Waals surface area (Å²) in [6.07, 6.45) is 1.03. The summed E-state index contributed by atoms with van der Waals surface area (Å²) in [5.41, 5.74) is 4.87. The van der Waals surface area contributed by atoms with Crippen LogP contribution in [0.3, 0.4) is 0 Å². The smallest absolute Gasteiger partial charge is 0.119 e. The van der Waals surface area contributed by atoms with E-state index in [9.17, 15) is 0 Å². The molecule has 3 heteroatoms. The number of ether oxygens (including phenoxy) is 1. The topological polar surface area (TPSA) is 21.3 Å². The highest BCUT2D eigenvalue weighted by molar-refractivity contribution is 6.30. The monoisotopic (exact) mass is 351 g/mol. The highest BCUT2D eigenvalue weighted by atomic mass is 35.5. The molecule has 0 saturated carbocycles. The molecule has 25 heavy (non-hydrogen) atoms. The summed E-state index contributed by atoms with van der Waals surface area (Å²) < 4.78 is 5.82. The maximum Gasteiger partial charge on any atom is 0.119 e. The molecule has 3 aromatic rings. The predicted octanol–water partition coefficient (Wildman–Crippen LogP) is 6.09. The van der Waals surface area contributed by atoms with E-state index in [1.54, 1.807) is 0 Å². The van der Waals surface area contributed by atoms with Crippen LogP contribution in [-0.2, 0) is 19.6 Å². The molecular formula is C22H22ClNO. The van der Waals surface area contributed by atoms with Crippen LogP contribution in [0.15, 0.2) is 72.8 Å². The van der Waals surface area contributed by atoms with Gasteiger partial charge in [0.05, 0.1) is 0 Å². The van der Waals surface area contributed by atoms with Crippen LogP contribution in [0.2, 0.25) is 5.02 Å². The molecule has 0 aromatic heterocycles. The van der Waals surface area contributed by atoms with Gasteiger partial charge in [-0.1, -0.05) is 61.0 Å². The van der Waals surface area contributed by atoms with Gasteiger partial charge in [0.1, 0.15) is 12.4 Å². The Hall–Kier alpha value is -2.45. The molecule has 3 rings (SSSR count). The van der Waals surface area contributed by atoms with E-state index < -0.39 is 0 Å². The standard InChI is InChI=1S/C22H22ClNO/c1-2-19-5-3-4-6-22(19)24-15-17-9-13-21(14-10-17)25-16-18-7-11-20(23)12-8-18/h3-14,24H,2,15-16H2,1H3. The van der Waals surface area contributed by atoms with Crippen molar-refractivity contribution in [2.45, 2.75) is 26.5 Å². The summed E-state index contributed by atoms with van der Waals surface area (Å²) >= 11 is 5.89. The van der Waals surface area contributed by atoms with Gasteiger partial charge in [0.15, 0.2) is 0 Å². The van der Waals surface area contributed by atoms with E-state index >= 15 is 0 Å². The molecule has 0 heterocycles. The van der Waals surface area contributed by atoms with Crippen molar-refractivity contribution in [2.24, 2.45) is 0 Å². The second-order valence-corrected chi connectivity index (χ2v) is 6.36. The number of hydrogen-bond donors (Lipinski definition) is 1. The number of aryl methyl sites for hydroxylation is 1. The predicted molar refractivity (Wildman–Crippen MR) is 105 cm³/mol. The van der Waals surface area contributed by atoms with Gasteiger partial charge in [-0.05, 0) is 53.4 Å². The quantitative estimate of drug-likeness (QED) is 0.555. The van der Waals surface area contributed by atoms with Gasteiger partial charge in [0, 0.05) is 17.3 Å². The van der Waals surface area contributed by atoms with E-state index in [4.69, 9.17) is 16.3 Å². The zero-order valence-corrected chi connectivity index (χ0v) is 15.1. The lowest BCUT2D eigenvalue weighted by Crippen LogP contribution is -2.02. The largest absolute Gasteiger partial charge is 0.489 e. The molecule has 0 aliphatic heterocycles. The van der Waals surface area contributed by atoms with Crippen LogP contribution in [0, 0.1) is 0 Å². The molecule has 0 spiro atoms. The van der Waals surface area contributed by atoms with Gasteiger partial charge in [-0.15, -0.1) is 0 Å². The molecule has 0 aliphatic carbocycles. The summed E-state index contributed by atoms with van der Waals surface area (Å²) in [5.74, 6) is 0.868. The first-order valence-corrected chi connectivity index (χ1v) is 8.90. The summed E-state index contributed by atoms with van der Waals surface area (Å²) in [7, 11) is 0. The minimum Gasteiger partial charge on any atom is -0.489 e. The van der Waals surface area contributed by atoms with Gasteiger partial charge in [-0.2, -0.15) is 0 Å². The van der Waals surface area contributed by atoms with Crippen LogP contribution in [0.25, 0.3) is 0 Å². The summed E-state index contributed by atoms with van der Waals surface area (Å²) in [6, 6.07) is 24.4.